The molecule has 6 rings (SSSR count). The molecule has 0 amide bonds. The van der Waals surface area contributed by atoms with E-state index in [0.717, 1.165) is 81.7 Å². The van der Waals surface area contributed by atoms with E-state index in [0.29, 0.717) is 64.4 Å². The van der Waals surface area contributed by atoms with Crippen molar-refractivity contribution < 1.29 is 28.7 Å². The van der Waals surface area contributed by atoms with Gasteiger partial charge in [0.25, 0.3) is 0 Å². The molecule has 65 heavy (non-hydrogen) atoms. The standard InChI is InChI=1S/C55H76N4O6/c1-12-38-35(8)42-27-43-36(9)40(23-24-48(61)65-26-25-34(7)22-16-21-33(6)20-15-19-32(5)18-14-17-31(3)4)52(58-43)50-51(55(63)64-11)54(62)49-37(10)44(59-53(49)50)28-46-39(13-2)41(30-60)47(57-46)29-45(38)56-42/h12,27-34,36,40,51,56-59H,1,13-26H2,2-11H3/b43-27-,46-28-,47-29-,52-50-/t32-,33-,34-,36+,40+,51-/m1/s1. The number of ketones is 1. The summed E-state index contributed by atoms with van der Waals surface area (Å²) >= 11 is 0. The summed E-state index contributed by atoms with van der Waals surface area (Å²) < 4.78 is 11.2. The van der Waals surface area contributed by atoms with Crippen LogP contribution in [0.4, 0.5) is 0 Å². The van der Waals surface area contributed by atoms with Gasteiger partial charge in [-0.25, -0.2) is 0 Å². The minimum absolute atomic E-state index is 0.123. The Kier molecular flexibility index (Phi) is 16.6. The fraction of sp³-hybridized carbons (Fsp3) is 0.564. The zero-order valence-electron chi connectivity index (χ0n) is 41.0. The number of carbonyl (C=O) groups is 4. The maximum atomic E-state index is 14.4. The minimum atomic E-state index is -1.18. The summed E-state index contributed by atoms with van der Waals surface area (Å²) in [5, 5.41) is 5.10. The number of aldehydes is 1. The molecular formula is C55H76N4O6. The molecule has 3 aromatic rings. The van der Waals surface area contributed by atoms with Crippen molar-refractivity contribution in [3.05, 3.63) is 84.8 Å². The Bertz CT molecular complexity index is 2440. The highest BCUT2D eigenvalue weighted by atomic mass is 16.5. The summed E-state index contributed by atoms with van der Waals surface area (Å²) in [5.74, 6) is 0.0550. The highest BCUT2D eigenvalue weighted by Gasteiger charge is 2.48. The van der Waals surface area contributed by atoms with Crippen LogP contribution in [0.25, 0.3) is 29.9 Å². The number of aromatic amines is 3. The molecule has 8 bridgehead atoms. The lowest BCUT2D eigenvalue weighted by molar-refractivity contribution is -0.144. The van der Waals surface area contributed by atoms with E-state index in [1.165, 1.54) is 58.5 Å². The number of Topliss-reactive ketones (excluding diaryl/α,β-unsaturated/α-hetero) is 1. The van der Waals surface area contributed by atoms with E-state index in [2.05, 4.69) is 74.5 Å². The van der Waals surface area contributed by atoms with Gasteiger partial charge in [-0.05, 0) is 91.7 Å². The van der Waals surface area contributed by atoms with Crippen LogP contribution in [-0.2, 0) is 25.5 Å². The van der Waals surface area contributed by atoms with Crippen LogP contribution >= 0.6 is 0 Å². The van der Waals surface area contributed by atoms with Crippen LogP contribution in [0.1, 0.15) is 191 Å². The molecule has 352 valence electrons. The van der Waals surface area contributed by atoms with Gasteiger partial charge in [0, 0.05) is 74.3 Å². The van der Waals surface area contributed by atoms with E-state index in [-0.39, 0.29) is 30.0 Å². The first-order valence-corrected chi connectivity index (χ1v) is 24.6. The van der Waals surface area contributed by atoms with Gasteiger partial charge in [0.1, 0.15) is 5.92 Å². The van der Waals surface area contributed by atoms with Gasteiger partial charge in [-0.15, -0.1) is 0 Å². The molecule has 0 spiro atoms. The lowest BCUT2D eigenvalue weighted by Gasteiger charge is -2.20. The molecule has 4 N–H and O–H groups in total. The van der Waals surface area contributed by atoms with Gasteiger partial charge in [-0.1, -0.05) is 119 Å². The smallest absolute Gasteiger partial charge is 0.321 e. The fourth-order valence-electron chi connectivity index (χ4n) is 10.6. The van der Waals surface area contributed by atoms with Gasteiger partial charge >= 0.3 is 11.9 Å². The highest BCUT2D eigenvalue weighted by Crippen LogP contribution is 2.48. The molecule has 1 aliphatic carbocycles. The maximum absolute atomic E-state index is 14.4. The molecule has 5 heterocycles. The van der Waals surface area contributed by atoms with E-state index >= 15 is 0 Å². The third-order valence-corrected chi connectivity index (χ3v) is 14.8. The monoisotopic (exact) mass is 889 g/mol. The van der Waals surface area contributed by atoms with Crippen LogP contribution in [0.15, 0.2) is 18.0 Å². The SMILES string of the molecule is C=Cc1c2[nH]c(c1C)/C=C1\N/C(=C3\c4[nH]c(c(C)c4C(=O)[C@@H]3C(=O)OC)/C=c3\[nH]/c(c(C=O)c3CC)=C\2)[C@@H](CCC(=O)OCC[C@H](C)CCC[C@H](C)CCC[C@H](C)CCCC(C)C)[C@@H]1C. The number of nitrogens with one attached hydrogen (secondary N) is 4. The van der Waals surface area contributed by atoms with Gasteiger partial charge in [0.15, 0.2) is 12.1 Å². The van der Waals surface area contributed by atoms with Gasteiger partial charge < -0.3 is 29.7 Å². The molecule has 0 unspecified atom stereocenters. The summed E-state index contributed by atoms with van der Waals surface area (Å²) in [5.41, 5.74) is 9.50. The third kappa shape index (κ3) is 11.0. The summed E-state index contributed by atoms with van der Waals surface area (Å²) in [6.07, 6.45) is 22.3. The van der Waals surface area contributed by atoms with E-state index in [4.69, 9.17) is 9.47 Å². The van der Waals surface area contributed by atoms with Crippen LogP contribution in [0.5, 0.6) is 0 Å². The van der Waals surface area contributed by atoms with Crippen molar-refractivity contribution in [3.8, 4) is 0 Å². The zero-order chi connectivity index (χ0) is 47.1. The Morgan fingerprint density at radius 1 is 0.800 bits per heavy atom. The maximum Gasteiger partial charge on any atom is 0.321 e. The largest absolute Gasteiger partial charge is 0.468 e. The number of aromatic nitrogens is 3. The average Bonchev–Trinajstić information content (AvgIpc) is 4.02. The number of hydrogen-bond donors (Lipinski definition) is 4. The van der Waals surface area contributed by atoms with Crippen LogP contribution in [-0.4, -0.2) is 52.7 Å². The quantitative estimate of drug-likeness (QED) is 0.0446. The van der Waals surface area contributed by atoms with Crippen molar-refractivity contribution in [3.63, 3.8) is 0 Å². The van der Waals surface area contributed by atoms with Gasteiger partial charge in [0.2, 0.25) is 0 Å². The molecule has 1 saturated heterocycles. The van der Waals surface area contributed by atoms with Crippen LogP contribution in [0.3, 0.4) is 0 Å². The number of H-pyrrole nitrogens is 3. The van der Waals surface area contributed by atoms with Gasteiger partial charge in [-0.2, -0.15) is 0 Å². The second-order valence-corrected chi connectivity index (χ2v) is 20.0. The minimum Gasteiger partial charge on any atom is -0.468 e. The Morgan fingerprint density at radius 2 is 1.42 bits per heavy atom. The predicted octanol–water partition coefficient (Wildman–Crippen LogP) is 10.7. The van der Waals surface area contributed by atoms with Crippen molar-refractivity contribution in [2.45, 2.75) is 146 Å². The molecule has 0 radical (unpaired) electrons. The number of allylic oxidation sites excluding steroid dienone is 2. The molecule has 0 aromatic carbocycles. The number of hydrogen-bond acceptors (Lipinski definition) is 7. The number of esters is 2. The third-order valence-electron chi connectivity index (χ3n) is 14.8. The summed E-state index contributed by atoms with van der Waals surface area (Å²) in [6, 6.07) is 0. The molecule has 1 fully saturated rings. The highest BCUT2D eigenvalue weighted by molar-refractivity contribution is 6.24. The molecule has 6 atom stereocenters. The average molecular weight is 889 g/mol. The molecule has 3 aliphatic rings. The Balaban J connectivity index is 1.21. The van der Waals surface area contributed by atoms with E-state index in [1.54, 1.807) is 0 Å². The van der Waals surface area contributed by atoms with Gasteiger partial charge in [-0.3, -0.25) is 19.2 Å². The van der Waals surface area contributed by atoms with Crippen LogP contribution in [0.2, 0.25) is 0 Å². The number of carbonyl (C=O) groups excluding carboxylic acids is 4. The van der Waals surface area contributed by atoms with Crippen molar-refractivity contribution in [2.75, 3.05) is 13.7 Å². The first-order valence-electron chi connectivity index (χ1n) is 24.6. The van der Waals surface area contributed by atoms with E-state index in [9.17, 15) is 19.2 Å². The number of ether oxygens (including phenoxy) is 2. The zero-order valence-corrected chi connectivity index (χ0v) is 41.0. The molecule has 3 aromatic heterocycles. The first kappa shape index (κ1) is 49.3. The molecule has 0 saturated carbocycles. The normalized spacial score (nSPS) is 22.0. The number of methoxy groups -OCH3 is 1. The van der Waals surface area contributed by atoms with Crippen LogP contribution in [0, 0.1) is 55.3 Å². The molecular weight excluding hydrogens is 813 g/mol. The van der Waals surface area contributed by atoms with Crippen molar-refractivity contribution in [1.29, 1.82) is 0 Å². The number of rotatable bonds is 22. The van der Waals surface area contributed by atoms with Crippen molar-refractivity contribution in [1.82, 2.24) is 20.3 Å². The van der Waals surface area contributed by atoms with Crippen molar-refractivity contribution >= 4 is 53.9 Å². The van der Waals surface area contributed by atoms with Crippen molar-refractivity contribution in [2.24, 2.45) is 41.4 Å². The first-order chi connectivity index (χ1) is 31.1. The molecule has 10 heteroatoms. The van der Waals surface area contributed by atoms with Crippen LogP contribution < -0.4 is 16.0 Å². The Hall–Kier alpha value is -5.12. The van der Waals surface area contributed by atoms with Gasteiger partial charge in [0.05, 0.1) is 24.8 Å². The summed E-state index contributed by atoms with van der Waals surface area (Å²) in [4.78, 5) is 64.7. The summed E-state index contributed by atoms with van der Waals surface area (Å²) in [6.45, 7) is 24.2. The second-order valence-electron chi connectivity index (χ2n) is 20.0. The topological polar surface area (TPSA) is 146 Å². The van der Waals surface area contributed by atoms with E-state index in [1.807, 2.05) is 39.0 Å². The second kappa shape index (κ2) is 21.9. The van der Waals surface area contributed by atoms with E-state index < -0.39 is 11.9 Å². The molecule has 10 nitrogen and oxygen atoms in total. The predicted molar refractivity (Wildman–Crippen MR) is 262 cm³/mol. The number of fused-ring (bicyclic) bond motifs is 7. The lowest BCUT2D eigenvalue weighted by atomic mass is 9.85. The summed E-state index contributed by atoms with van der Waals surface area (Å²) in [7, 11) is 1.30. The fourth-order valence-corrected chi connectivity index (χ4v) is 10.6. The lowest BCUT2D eigenvalue weighted by Crippen LogP contribution is -2.25. The Morgan fingerprint density at radius 3 is 2.02 bits per heavy atom. The molecule has 2 aliphatic heterocycles. The Labute approximate surface area is 387 Å².